The zero-order valence-electron chi connectivity index (χ0n) is 18.3. The molecule has 0 spiro atoms. The molecule has 2 aliphatic heterocycles. The monoisotopic (exact) mass is 435 g/mol. The van der Waals surface area contributed by atoms with Crippen LogP contribution in [-0.2, 0) is 9.53 Å². The largest absolute Gasteiger partial charge is 0.480 e. The highest BCUT2D eigenvalue weighted by Gasteiger charge is 2.32. The van der Waals surface area contributed by atoms with E-state index < -0.39 is 0 Å². The number of likely N-dealkylation sites (tertiary alicyclic amines) is 1. The van der Waals surface area contributed by atoms with Crippen molar-refractivity contribution in [2.24, 2.45) is 0 Å². The molecule has 8 nitrogen and oxygen atoms in total. The number of benzene rings is 1. The molecule has 2 saturated heterocycles. The zero-order chi connectivity index (χ0) is 21.9. The summed E-state index contributed by atoms with van der Waals surface area (Å²) in [5.41, 5.74) is 2.64. The standard InChI is InChI=1S/C24H29N5O3/c1-31-24-19(12-16-4-2-3-5-20(16)28-24)21-13-25-23(27-21)22-7-6-17(14-29(22)9-10-30)26-18-8-11-32-15-18/h2-5,10,12-13,17-18,22,26H,6-9,11,14-15H2,1H3,(H,25,27)/t17-,18?,22-/m0/s1. The number of fused-ring (bicyclic) bond motifs is 1. The maximum atomic E-state index is 11.4. The Balaban J connectivity index is 1.37. The van der Waals surface area contributed by atoms with Crippen molar-refractivity contribution in [1.29, 1.82) is 0 Å². The lowest BCUT2D eigenvalue weighted by Crippen LogP contribution is -2.50. The minimum absolute atomic E-state index is 0.0752. The maximum Gasteiger partial charge on any atom is 0.223 e. The number of pyridine rings is 1. The van der Waals surface area contributed by atoms with Crippen molar-refractivity contribution in [1.82, 2.24) is 25.2 Å². The van der Waals surface area contributed by atoms with Gasteiger partial charge in [-0.3, -0.25) is 4.90 Å². The number of para-hydroxylation sites is 1. The van der Waals surface area contributed by atoms with Crippen LogP contribution in [0.1, 0.15) is 31.1 Å². The van der Waals surface area contributed by atoms with E-state index in [2.05, 4.69) is 26.3 Å². The summed E-state index contributed by atoms with van der Waals surface area (Å²) in [6, 6.07) is 10.9. The van der Waals surface area contributed by atoms with Crippen LogP contribution >= 0.6 is 0 Å². The van der Waals surface area contributed by atoms with Gasteiger partial charge in [0.15, 0.2) is 0 Å². The highest BCUT2D eigenvalue weighted by Crippen LogP contribution is 2.34. The number of carbonyl (C=O) groups excluding carboxylic acids is 1. The molecule has 168 valence electrons. The summed E-state index contributed by atoms with van der Waals surface area (Å²) < 4.78 is 11.1. The molecule has 2 aliphatic rings. The molecule has 0 aliphatic carbocycles. The first-order valence-electron chi connectivity index (χ1n) is 11.3. The topological polar surface area (TPSA) is 92.4 Å². The van der Waals surface area contributed by atoms with E-state index in [9.17, 15) is 4.79 Å². The van der Waals surface area contributed by atoms with Crippen molar-refractivity contribution in [3.8, 4) is 17.1 Å². The number of hydrogen-bond acceptors (Lipinski definition) is 7. The Morgan fingerprint density at radius 2 is 2.19 bits per heavy atom. The van der Waals surface area contributed by atoms with Crippen LogP contribution in [0.2, 0.25) is 0 Å². The molecule has 1 aromatic carbocycles. The van der Waals surface area contributed by atoms with Crippen molar-refractivity contribution in [3.05, 3.63) is 42.4 Å². The van der Waals surface area contributed by atoms with Gasteiger partial charge >= 0.3 is 0 Å². The molecule has 3 atom stereocenters. The summed E-state index contributed by atoms with van der Waals surface area (Å²) in [7, 11) is 1.63. The first-order valence-corrected chi connectivity index (χ1v) is 11.3. The quantitative estimate of drug-likeness (QED) is 0.551. The van der Waals surface area contributed by atoms with Gasteiger partial charge in [-0.2, -0.15) is 0 Å². The number of nitrogens with zero attached hydrogens (tertiary/aromatic N) is 3. The molecule has 2 aromatic heterocycles. The third-order valence-electron chi connectivity index (χ3n) is 6.48. The number of methoxy groups -OCH3 is 1. The van der Waals surface area contributed by atoms with Gasteiger partial charge in [0.05, 0.1) is 49.3 Å². The van der Waals surface area contributed by atoms with Crippen LogP contribution in [0.4, 0.5) is 0 Å². The van der Waals surface area contributed by atoms with E-state index >= 15 is 0 Å². The number of rotatable bonds is 7. The van der Waals surface area contributed by atoms with E-state index in [0.717, 1.165) is 73.3 Å². The van der Waals surface area contributed by atoms with Crippen LogP contribution in [0.25, 0.3) is 22.2 Å². The van der Waals surface area contributed by atoms with Gasteiger partial charge in [-0.25, -0.2) is 9.97 Å². The molecule has 3 aromatic rings. The number of carbonyl (C=O) groups is 1. The molecular weight excluding hydrogens is 406 g/mol. The zero-order valence-corrected chi connectivity index (χ0v) is 18.3. The van der Waals surface area contributed by atoms with E-state index in [1.54, 1.807) is 7.11 Å². The van der Waals surface area contributed by atoms with E-state index in [1.807, 2.05) is 30.5 Å². The Bertz CT molecular complexity index is 1080. The number of hydrogen-bond donors (Lipinski definition) is 2. The Labute approximate surface area is 187 Å². The minimum atomic E-state index is 0.0752. The molecule has 2 fully saturated rings. The molecule has 1 unspecified atom stereocenters. The highest BCUT2D eigenvalue weighted by atomic mass is 16.5. The van der Waals surface area contributed by atoms with Crippen molar-refractivity contribution >= 4 is 17.2 Å². The summed E-state index contributed by atoms with van der Waals surface area (Å²) in [4.78, 5) is 26.4. The second kappa shape index (κ2) is 9.36. The average Bonchev–Trinajstić information content (AvgIpc) is 3.51. The van der Waals surface area contributed by atoms with Gasteiger partial charge in [0.1, 0.15) is 12.1 Å². The van der Waals surface area contributed by atoms with Gasteiger partial charge in [-0.05, 0) is 31.4 Å². The second-order valence-electron chi connectivity index (χ2n) is 8.56. The third kappa shape index (κ3) is 4.26. The lowest BCUT2D eigenvalue weighted by molar-refractivity contribution is -0.109. The summed E-state index contributed by atoms with van der Waals surface area (Å²) in [5.74, 6) is 1.44. The van der Waals surface area contributed by atoms with Crippen molar-refractivity contribution in [3.63, 3.8) is 0 Å². The Kier molecular flexibility index (Phi) is 6.16. The van der Waals surface area contributed by atoms with Crippen LogP contribution in [-0.4, -0.2) is 71.6 Å². The number of ether oxygens (including phenoxy) is 2. The van der Waals surface area contributed by atoms with Crippen molar-refractivity contribution < 1.29 is 14.3 Å². The molecule has 2 N–H and O–H groups in total. The van der Waals surface area contributed by atoms with Gasteiger partial charge < -0.3 is 24.6 Å². The predicted molar refractivity (Wildman–Crippen MR) is 122 cm³/mol. The van der Waals surface area contributed by atoms with Gasteiger partial charge in [0.2, 0.25) is 5.88 Å². The molecule has 0 amide bonds. The maximum absolute atomic E-state index is 11.4. The van der Waals surface area contributed by atoms with E-state index in [4.69, 9.17) is 14.5 Å². The fourth-order valence-corrected chi connectivity index (χ4v) is 4.88. The van der Waals surface area contributed by atoms with Crippen LogP contribution < -0.4 is 10.1 Å². The third-order valence-corrected chi connectivity index (χ3v) is 6.48. The molecule has 4 heterocycles. The second-order valence-corrected chi connectivity index (χ2v) is 8.56. The predicted octanol–water partition coefficient (Wildman–Crippen LogP) is 2.72. The van der Waals surface area contributed by atoms with Crippen molar-refractivity contribution in [2.45, 2.75) is 37.4 Å². The Hall–Kier alpha value is -2.81. The molecule has 5 rings (SSSR count). The average molecular weight is 436 g/mol. The number of imidazole rings is 1. The van der Waals surface area contributed by atoms with Gasteiger partial charge in [-0.15, -0.1) is 0 Å². The summed E-state index contributed by atoms with van der Waals surface area (Å²) >= 11 is 0. The molecule has 0 bridgehead atoms. The lowest BCUT2D eigenvalue weighted by atomic mass is 9.97. The SMILES string of the molecule is COc1nc2ccccc2cc1-c1cnc([C@@H]2CC[C@H](NC3CCOC3)CN2CC=O)[nH]1. The highest BCUT2D eigenvalue weighted by molar-refractivity contribution is 5.85. The van der Waals surface area contributed by atoms with E-state index in [0.29, 0.717) is 24.5 Å². The van der Waals surface area contributed by atoms with Gasteiger partial charge in [0, 0.05) is 30.6 Å². The molecule has 32 heavy (non-hydrogen) atoms. The van der Waals surface area contributed by atoms with Gasteiger partial charge in [-0.1, -0.05) is 18.2 Å². The first kappa shape index (κ1) is 21.1. The van der Waals surface area contributed by atoms with E-state index in [1.165, 1.54) is 0 Å². The number of H-pyrrole nitrogens is 1. The van der Waals surface area contributed by atoms with Crippen molar-refractivity contribution in [2.75, 3.05) is 33.4 Å². The smallest absolute Gasteiger partial charge is 0.223 e. The van der Waals surface area contributed by atoms with Crippen LogP contribution in [0, 0.1) is 0 Å². The first-order chi connectivity index (χ1) is 15.7. The minimum Gasteiger partial charge on any atom is -0.480 e. The summed E-state index contributed by atoms with van der Waals surface area (Å²) in [6.07, 6.45) is 5.83. The Morgan fingerprint density at radius 3 is 3.00 bits per heavy atom. The fourth-order valence-electron chi connectivity index (χ4n) is 4.88. The molecule has 0 saturated carbocycles. The number of aromatic amines is 1. The fraction of sp³-hybridized carbons (Fsp3) is 0.458. The molecular formula is C24H29N5O3. The number of aldehydes is 1. The normalized spacial score (nSPS) is 24.1. The number of piperidine rings is 1. The molecule has 0 radical (unpaired) electrons. The van der Waals surface area contributed by atoms with E-state index in [-0.39, 0.29) is 6.04 Å². The number of nitrogens with one attached hydrogen (secondary N) is 2. The number of aromatic nitrogens is 3. The lowest BCUT2D eigenvalue weighted by Gasteiger charge is -2.38. The molecule has 8 heteroatoms. The Morgan fingerprint density at radius 1 is 1.28 bits per heavy atom. The van der Waals surface area contributed by atoms with Crippen LogP contribution in [0.3, 0.4) is 0 Å². The summed E-state index contributed by atoms with van der Waals surface area (Å²) in [6.45, 7) is 2.81. The van der Waals surface area contributed by atoms with Gasteiger partial charge in [0.25, 0.3) is 0 Å². The van der Waals surface area contributed by atoms with Crippen LogP contribution in [0.15, 0.2) is 36.5 Å². The summed E-state index contributed by atoms with van der Waals surface area (Å²) in [5, 5.41) is 4.75. The van der Waals surface area contributed by atoms with Crippen LogP contribution in [0.5, 0.6) is 5.88 Å².